The Kier molecular flexibility index (Phi) is 5.64. The molecule has 1 aromatic carbocycles. The molecule has 0 atom stereocenters. The molecule has 0 aliphatic rings. The van der Waals surface area contributed by atoms with Crippen LogP contribution in [0.25, 0.3) is 17.1 Å². The van der Waals surface area contributed by atoms with E-state index in [-0.39, 0.29) is 18.3 Å². The van der Waals surface area contributed by atoms with Crippen molar-refractivity contribution in [3.8, 4) is 23.0 Å². The molecule has 9 heteroatoms. The average Bonchev–Trinajstić information content (AvgIpc) is 3.17. The summed E-state index contributed by atoms with van der Waals surface area (Å²) in [4.78, 5) is 32.3. The number of methoxy groups -OCH3 is 1. The Balaban J connectivity index is 2.00. The predicted molar refractivity (Wildman–Crippen MR) is 102 cm³/mol. The maximum Gasteiger partial charge on any atom is 0.291 e. The number of benzene rings is 1. The van der Waals surface area contributed by atoms with Gasteiger partial charge in [-0.15, -0.1) is 5.10 Å². The number of pyridine rings is 1. The van der Waals surface area contributed by atoms with E-state index in [2.05, 4.69) is 25.7 Å². The molecule has 0 fully saturated rings. The Hall–Kier alpha value is -3.75. The summed E-state index contributed by atoms with van der Waals surface area (Å²) >= 11 is 0. The first kappa shape index (κ1) is 19.0. The fourth-order valence-corrected chi connectivity index (χ4v) is 2.42. The standard InChI is InChI=1S/C19H20N6O3/c1-12-4-6-13(7-5-12)18-23-17(19(27)22-11-15(26)20-2)24-25(18)14-8-9-16(28-3)21-10-14/h4-10H,11H2,1-3H3,(H,20,26)(H,22,27). The van der Waals surface area contributed by atoms with Gasteiger partial charge in [0.1, 0.15) is 0 Å². The summed E-state index contributed by atoms with van der Waals surface area (Å²) in [5.74, 6) is 0.0414. The van der Waals surface area contributed by atoms with E-state index in [1.807, 2.05) is 31.2 Å². The zero-order valence-corrected chi connectivity index (χ0v) is 15.8. The molecule has 9 nitrogen and oxygen atoms in total. The Labute approximate surface area is 161 Å². The Morgan fingerprint density at radius 3 is 2.50 bits per heavy atom. The first-order chi connectivity index (χ1) is 13.5. The van der Waals surface area contributed by atoms with E-state index in [1.165, 1.54) is 18.8 Å². The minimum absolute atomic E-state index is 0.0460. The Bertz CT molecular complexity index is 980. The van der Waals surface area contributed by atoms with E-state index in [0.717, 1.165) is 11.1 Å². The predicted octanol–water partition coefficient (Wildman–Crippen LogP) is 1.12. The molecule has 3 rings (SSSR count). The lowest BCUT2D eigenvalue weighted by Gasteiger charge is -2.06. The number of rotatable bonds is 6. The van der Waals surface area contributed by atoms with Crippen LogP contribution in [0.3, 0.4) is 0 Å². The van der Waals surface area contributed by atoms with Gasteiger partial charge in [-0.2, -0.15) is 0 Å². The largest absolute Gasteiger partial charge is 0.481 e. The van der Waals surface area contributed by atoms with Crippen molar-refractivity contribution in [2.24, 2.45) is 0 Å². The number of aromatic nitrogens is 4. The number of carbonyl (C=O) groups excluding carboxylic acids is 2. The summed E-state index contributed by atoms with van der Waals surface area (Å²) in [6.45, 7) is 1.83. The van der Waals surface area contributed by atoms with Crippen LogP contribution in [0.2, 0.25) is 0 Å². The van der Waals surface area contributed by atoms with Crippen LogP contribution < -0.4 is 15.4 Å². The third kappa shape index (κ3) is 4.14. The van der Waals surface area contributed by atoms with Crippen molar-refractivity contribution in [1.29, 1.82) is 0 Å². The number of aryl methyl sites for hydroxylation is 1. The van der Waals surface area contributed by atoms with Gasteiger partial charge in [0.2, 0.25) is 17.6 Å². The van der Waals surface area contributed by atoms with E-state index >= 15 is 0 Å². The molecule has 2 N–H and O–H groups in total. The van der Waals surface area contributed by atoms with Crippen LogP contribution in [-0.4, -0.2) is 52.3 Å². The second kappa shape index (κ2) is 8.30. The first-order valence-corrected chi connectivity index (χ1v) is 8.55. The normalized spacial score (nSPS) is 10.4. The summed E-state index contributed by atoms with van der Waals surface area (Å²) in [5.41, 5.74) is 2.51. The fourth-order valence-electron chi connectivity index (χ4n) is 2.42. The van der Waals surface area contributed by atoms with E-state index in [4.69, 9.17) is 4.74 Å². The summed E-state index contributed by atoms with van der Waals surface area (Å²) in [6.07, 6.45) is 1.58. The Morgan fingerprint density at radius 1 is 1.14 bits per heavy atom. The molecular weight excluding hydrogens is 360 g/mol. The van der Waals surface area contributed by atoms with Gasteiger partial charge in [0.05, 0.1) is 25.5 Å². The Morgan fingerprint density at radius 2 is 1.89 bits per heavy atom. The second-order valence-electron chi connectivity index (χ2n) is 5.95. The van der Waals surface area contributed by atoms with Crippen LogP contribution in [0.4, 0.5) is 0 Å². The average molecular weight is 380 g/mol. The number of nitrogens with one attached hydrogen (secondary N) is 2. The zero-order chi connectivity index (χ0) is 20.1. The molecule has 0 aliphatic carbocycles. The summed E-state index contributed by atoms with van der Waals surface area (Å²) in [7, 11) is 3.03. The molecule has 0 aliphatic heterocycles. The smallest absolute Gasteiger partial charge is 0.291 e. The summed E-state index contributed by atoms with van der Waals surface area (Å²) in [6, 6.07) is 11.2. The van der Waals surface area contributed by atoms with Gasteiger partial charge in [0.15, 0.2) is 5.82 Å². The van der Waals surface area contributed by atoms with Crippen LogP contribution >= 0.6 is 0 Å². The van der Waals surface area contributed by atoms with Crippen molar-refractivity contribution < 1.29 is 14.3 Å². The van der Waals surface area contributed by atoms with Crippen molar-refractivity contribution >= 4 is 11.8 Å². The lowest BCUT2D eigenvalue weighted by Crippen LogP contribution is -2.35. The van der Waals surface area contributed by atoms with Crippen molar-refractivity contribution in [1.82, 2.24) is 30.4 Å². The number of nitrogens with zero attached hydrogens (tertiary/aromatic N) is 4. The summed E-state index contributed by atoms with van der Waals surface area (Å²) < 4.78 is 6.62. The molecule has 0 saturated heterocycles. The van der Waals surface area contributed by atoms with Gasteiger partial charge in [0.25, 0.3) is 5.91 Å². The lowest BCUT2D eigenvalue weighted by atomic mass is 10.1. The van der Waals surface area contributed by atoms with E-state index in [1.54, 1.807) is 18.3 Å². The molecular formula is C19H20N6O3. The quantitative estimate of drug-likeness (QED) is 0.663. The van der Waals surface area contributed by atoms with Crippen molar-refractivity contribution in [2.45, 2.75) is 6.92 Å². The van der Waals surface area contributed by atoms with E-state index < -0.39 is 5.91 Å². The van der Waals surface area contributed by atoms with Crippen LogP contribution in [0.5, 0.6) is 5.88 Å². The first-order valence-electron chi connectivity index (χ1n) is 8.55. The fraction of sp³-hybridized carbons (Fsp3) is 0.211. The molecule has 28 heavy (non-hydrogen) atoms. The number of carbonyl (C=O) groups is 2. The minimum Gasteiger partial charge on any atom is -0.481 e. The molecule has 0 spiro atoms. The van der Waals surface area contributed by atoms with Crippen LogP contribution in [0, 0.1) is 6.92 Å². The molecule has 0 bridgehead atoms. The molecule has 0 unspecified atom stereocenters. The molecule has 2 amide bonds. The van der Waals surface area contributed by atoms with Crippen LogP contribution in [0.1, 0.15) is 16.2 Å². The highest BCUT2D eigenvalue weighted by Crippen LogP contribution is 2.22. The van der Waals surface area contributed by atoms with E-state index in [0.29, 0.717) is 17.4 Å². The highest BCUT2D eigenvalue weighted by Gasteiger charge is 2.19. The third-order valence-corrected chi connectivity index (χ3v) is 3.98. The highest BCUT2D eigenvalue weighted by atomic mass is 16.5. The number of likely N-dealkylation sites (N-methyl/N-ethyl adjacent to an activating group) is 1. The van der Waals surface area contributed by atoms with E-state index in [9.17, 15) is 9.59 Å². The van der Waals surface area contributed by atoms with Crippen LogP contribution in [-0.2, 0) is 4.79 Å². The zero-order valence-electron chi connectivity index (χ0n) is 15.8. The molecule has 3 aromatic rings. The van der Waals surface area contributed by atoms with Gasteiger partial charge >= 0.3 is 0 Å². The number of hydrogen-bond acceptors (Lipinski definition) is 6. The summed E-state index contributed by atoms with van der Waals surface area (Å²) in [5, 5.41) is 9.25. The molecule has 144 valence electrons. The number of ether oxygens (including phenoxy) is 1. The molecule has 0 saturated carbocycles. The lowest BCUT2D eigenvalue weighted by molar-refractivity contribution is -0.119. The number of amides is 2. The van der Waals surface area contributed by atoms with Gasteiger partial charge in [-0.3, -0.25) is 9.59 Å². The second-order valence-corrected chi connectivity index (χ2v) is 5.95. The molecule has 2 aromatic heterocycles. The van der Waals surface area contributed by atoms with Crippen molar-refractivity contribution in [3.63, 3.8) is 0 Å². The molecule has 0 radical (unpaired) electrons. The minimum atomic E-state index is -0.544. The maximum absolute atomic E-state index is 12.4. The molecule has 2 heterocycles. The van der Waals surface area contributed by atoms with Gasteiger partial charge in [-0.25, -0.2) is 14.6 Å². The van der Waals surface area contributed by atoms with Gasteiger partial charge < -0.3 is 15.4 Å². The van der Waals surface area contributed by atoms with Crippen molar-refractivity contribution in [3.05, 3.63) is 54.0 Å². The maximum atomic E-state index is 12.4. The van der Waals surface area contributed by atoms with Crippen molar-refractivity contribution in [2.75, 3.05) is 20.7 Å². The monoisotopic (exact) mass is 380 g/mol. The third-order valence-electron chi connectivity index (χ3n) is 3.98. The topological polar surface area (TPSA) is 111 Å². The SMILES string of the molecule is CNC(=O)CNC(=O)c1nc(-c2ccc(C)cc2)n(-c2ccc(OC)nc2)n1. The number of hydrogen-bond donors (Lipinski definition) is 2. The van der Waals surface area contributed by atoms with Crippen LogP contribution in [0.15, 0.2) is 42.6 Å². The highest BCUT2D eigenvalue weighted by molar-refractivity contribution is 5.93. The van der Waals surface area contributed by atoms with Gasteiger partial charge in [-0.05, 0) is 13.0 Å². The van der Waals surface area contributed by atoms with Gasteiger partial charge in [-0.1, -0.05) is 29.8 Å². The van der Waals surface area contributed by atoms with Gasteiger partial charge in [0, 0.05) is 18.7 Å².